The minimum absolute atomic E-state index is 0.391. The first-order chi connectivity index (χ1) is 8.31. The van der Waals surface area contributed by atoms with Crippen LogP contribution in [0.25, 0.3) is 0 Å². The Bertz CT molecular complexity index is 449. The normalized spacial score (nSPS) is 11.2. The van der Waals surface area contributed by atoms with Crippen LogP contribution in [0.2, 0.25) is 0 Å². The number of carboxylic acid groups (broad SMARTS) is 1. The van der Waals surface area contributed by atoms with E-state index >= 15 is 0 Å². The maximum absolute atomic E-state index is 11.2. The Kier molecular flexibility index (Phi) is 4.22. The molecule has 0 aromatic heterocycles. The lowest BCUT2D eigenvalue weighted by atomic mass is 9.85. The number of benzene rings is 1. The molecule has 18 heavy (non-hydrogen) atoms. The smallest absolute Gasteiger partial charge is 0.309 e. The first-order valence-corrected chi connectivity index (χ1v) is 5.76. The van der Waals surface area contributed by atoms with Crippen molar-refractivity contribution in [3.8, 4) is 11.5 Å². The second-order valence-corrected chi connectivity index (χ2v) is 5.00. The molecule has 0 saturated heterocycles. The zero-order valence-electron chi connectivity index (χ0n) is 11.5. The largest absolute Gasteiger partial charge is 0.496 e. The van der Waals surface area contributed by atoms with Gasteiger partial charge in [-0.3, -0.25) is 4.79 Å². The summed E-state index contributed by atoms with van der Waals surface area (Å²) in [6.45, 7) is 5.32. The topological polar surface area (TPSA) is 55.8 Å². The van der Waals surface area contributed by atoms with E-state index in [4.69, 9.17) is 9.47 Å². The Morgan fingerprint density at radius 1 is 1.22 bits per heavy atom. The van der Waals surface area contributed by atoms with Crippen LogP contribution in [0.5, 0.6) is 11.5 Å². The standard InChI is InChI=1S/C14H20O4/c1-9-6-12(18-5)10(7-11(9)17-4)8-14(2,3)13(15)16/h6-7H,8H2,1-5H3,(H,15,16). The predicted molar refractivity (Wildman–Crippen MR) is 69.4 cm³/mol. The number of ether oxygens (including phenoxy) is 2. The molecular formula is C14H20O4. The van der Waals surface area contributed by atoms with Crippen LogP contribution in [-0.4, -0.2) is 25.3 Å². The first kappa shape index (κ1) is 14.4. The lowest BCUT2D eigenvalue weighted by molar-refractivity contribution is -0.146. The van der Waals surface area contributed by atoms with E-state index in [0.29, 0.717) is 12.2 Å². The van der Waals surface area contributed by atoms with Crippen molar-refractivity contribution in [3.05, 3.63) is 23.3 Å². The lowest BCUT2D eigenvalue weighted by Gasteiger charge is -2.21. The zero-order valence-corrected chi connectivity index (χ0v) is 11.5. The molecule has 4 heteroatoms. The van der Waals surface area contributed by atoms with Gasteiger partial charge in [0.2, 0.25) is 0 Å². The summed E-state index contributed by atoms with van der Waals surface area (Å²) in [5.41, 5.74) is 0.965. The second-order valence-electron chi connectivity index (χ2n) is 5.00. The van der Waals surface area contributed by atoms with Crippen molar-refractivity contribution < 1.29 is 19.4 Å². The summed E-state index contributed by atoms with van der Waals surface area (Å²) < 4.78 is 10.6. The van der Waals surface area contributed by atoms with Crippen LogP contribution in [-0.2, 0) is 11.2 Å². The van der Waals surface area contributed by atoms with Crippen molar-refractivity contribution in [1.82, 2.24) is 0 Å². The van der Waals surface area contributed by atoms with E-state index in [2.05, 4.69) is 0 Å². The van der Waals surface area contributed by atoms with Crippen LogP contribution in [0.4, 0.5) is 0 Å². The molecule has 1 aromatic carbocycles. The van der Waals surface area contributed by atoms with Crippen molar-refractivity contribution in [2.75, 3.05) is 14.2 Å². The van der Waals surface area contributed by atoms with Gasteiger partial charge in [-0.15, -0.1) is 0 Å². The van der Waals surface area contributed by atoms with Gasteiger partial charge in [0, 0.05) is 0 Å². The molecule has 100 valence electrons. The highest BCUT2D eigenvalue weighted by atomic mass is 16.5. The highest BCUT2D eigenvalue weighted by Crippen LogP contribution is 2.33. The number of hydrogen-bond donors (Lipinski definition) is 1. The monoisotopic (exact) mass is 252 g/mol. The van der Waals surface area contributed by atoms with Crippen molar-refractivity contribution in [2.24, 2.45) is 5.41 Å². The molecule has 0 atom stereocenters. The third kappa shape index (κ3) is 2.94. The van der Waals surface area contributed by atoms with Gasteiger partial charge in [-0.25, -0.2) is 0 Å². The zero-order chi connectivity index (χ0) is 13.9. The summed E-state index contributed by atoms with van der Waals surface area (Å²) >= 11 is 0. The van der Waals surface area contributed by atoms with Crippen molar-refractivity contribution in [2.45, 2.75) is 27.2 Å². The van der Waals surface area contributed by atoms with E-state index in [1.54, 1.807) is 28.1 Å². The molecule has 0 amide bonds. The molecule has 0 radical (unpaired) electrons. The molecule has 1 N–H and O–H groups in total. The maximum Gasteiger partial charge on any atom is 0.309 e. The minimum Gasteiger partial charge on any atom is -0.496 e. The van der Waals surface area contributed by atoms with Gasteiger partial charge in [0.15, 0.2) is 0 Å². The second kappa shape index (κ2) is 5.29. The van der Waals surface area contributed by atoms with Crippen molar-refractivity contribution >= 4 is 5.97 Å². The fraction of sp³-hybridized carbons (Fsp3) is 0.500. The average molecular weight is 252 g/mol. The Labute approximate surface area is 108 Å². The lowest BCUT2D eigenvalue weighted by Crippen LogP contribution is -2.26. The van der Waals surface area contributed by atoms with Gasteiger partial charge in [-0.05, 0) is 50.5 Å². The maximum atomic E-state index is 11.2. The van der Waals surface area contributed by atoms with Gasteiger partial charge in [0.05, 0.1) is 19.6 Å². The fourth-order valence-corrected chi connectivity index (χ4v) is 1.80. The molecule has 1 aromatic rings. The number of hydrogen-bond acceptors (Lipinski definition) is 3. The molecule has 0 aliphatic rings. The van der Waals surface area contributed by atoms with Gasteiger partial charge in [-0.2, -0.15) is 0 Å². The van der Waals surface area contributed by atoms with E-state index in [-0.39, 0.29) is 0 Å². The minimum atomic E-state index is -0.840. The number of carbonyl (C=O) groups is 1. The van der Waals surface area contributed by atoms with Gasteiger partial charge in [0.25, 0.3) is 0 Å². The number of carboxylic acids is 1. The highest BCUT2D eigenvalue weighted by Gasteiger charge is 2.29. The molecule has 0 saturated carbocycles. The van der Waals surface area contributed by atoms with Crippen LogP contribution in [0.15, 0.2) is 12.1 Å². The van der Waals surface area contributed by atoms with Gasteiger partial charge < -0.3 is 14.6 Å². The van der Waals surface area contributed by atoms with E-state index in [0.717, 1.165) is 16.9 Å². The quantitative estimate of drug-likeness (QED) is 0.875. The molecule has 0 bridgehead atoms. The average Bonchev–Trinajstić information content (AvgIpc) is 2.30. The number of aliphatic carboxylic acids is 1. The Balaban J connectivity index is 3.18. The molecule has 1 rings (SSSR count). The third-order valence-electron chi connectivity index (χ3n) is 3.01. The van der Waals surface area contributed by atoms with Crippen LogP contribution < -0.4 is 9.47 Å². The van der Waals surface area contributed by atoms with E-state index in [9.17, 15) is 9.90 Å². The molecule has 0 unspecified atom stereocenters. The van der Waals surface area contributed by atoms with Crippen LogP contribution in [0.1, 0.15) is 25.0 Å². The van der Waals surface area contributed by atoms with Crippen LogP contribution >= 0.6 is 0 Å². The summed E-state index contributed by atoms with van der Waals surface area (Å²) in [5, 5.41) is 9.18. The summed E-state index contributed by atoms with van der Waals surface area (Å²) in [7, 11) is 3.18. The number of methoxy groups -OCH3 is 2. The molecule has 4 nitrogen and oxygen atoms in total. The molecule has 0 heterocycles. The Morgan fingerprint density at radius 3 is 2.22 bits per heavy atom. The first-order valence-electron chi connectivity index (χ1n) is 5.76. The number of rotatable bonds is 5. The molecule has 0 aliphatic carbocycles. The molecular weight excluding hydrogens is 232 g/mol. The Hall–Kier alpha value is -1.71. The van der Waals surface area contributed by atoms with Crippen LogP contribution in [0, 0.1) is 12.3 Å². The van der Waals surface area contributed by atoms with E-state index in [1.807, 2.05) is 19.1 Å². The summed E-state index contributed by atoms with van der Waals surface area (Å²) in [6, 6.07) is 3.71. The van der Waals surface area contributed by atoms with Crippen molar-refractivity contribution in [3.63, 3.8) is 0 Å². The summed E-state index contributed by atoms with van der Waals surface area (Å²) in [5.74, 6) is 0.610. The van der Waals surface area contributed by atoms with Gasteiger partial charge in [-0.1, -0.05) is 0 Å². The molecule has 0 spiro atoms. The summed E-state index contributed by atoms with van der Waals surface area (Å²) in [4.78, 5) is 11.2. The SMILES string of the molecule is COc1cc(CC(C)(C)C(=O)O)c(OC)cc1C. The molecule has 0 aliphatic heterocycles. The van der Waals surface area contributed by atoms with E-state index < -0.39 is 11.4 Å². The highest BCUT2D eigenvalue weighted by molar-refractivity contribution is 5.74. The van der Waals surface area contributed by atoms with E-state index in [1.165, 1.54) is 0 Å². The van der Waals surface area contributed by atoms with Gasteiger partial charge in [0.1, 0.15) is 11.5 Å². The summed E-state index contributed by atoms with van der Waals surface area (Å²) in [6.07, 6.45) is 0.391. The number of aryl methyl sites for hydroxylation is 1. The Morgan fingerprint density at radius 2 is 1.78 bits per heavy atom. The predicted octanol–water partition coefficient (Wildman–Crippen LogP) is 2.67. The molecule has 0 fully saturated rings. The van der Waals surface area contributed by atoms with Gasteiger partial charge >= 0.3 is 5.97 Å². The van der Waals surface area contributed by atoms with Crippen LogP contribution in [0.3, 0.4) is 0 Å². The fourth-order valence-electron chi connectivity index (χ4n) is 1.80. The third-order valence-corrected chi connectivity index (χ3v) is 3.01. The van der Waals surface area contributed by atoms with Crippen molar-refractivity contribution in [1.29, 1.82) is 0 Å².